The highest BCUT2D eigenvalue weighted by Crippen LogP contribution is 2.29. The van der Waals surface area contributed by atoms with E-state index in [9.17, 15) is 0 Å². The van der Waals surface area contributed by atoms with Gasteiger partial charge in [0.2, 0.25) is 5.95 Å². The summed E-state index contributed by atoms with van der Waals surface area (Å²) < 4.78 is 0. The maximum atomic E-state index is 5.80. The lowest BCUT2D eigenvalue weighted by Crippen LogP contribution is -1.97. The van der Waals surface area contributed by atoms with E-state index in [0.29, 0.717) is 5.65 Å². The number of rotatable bonds is 2. The second-order valence-corrected chi connectivity index (χ2v) is 5.01. The molecule has 0 bridgehead atoms. The number of hydrogen-bond donors (Lipinski definition) is 2. The fraction of sp³-hybridized carbons (Fsp3) is 0. The molecule has 5 nitrogen and oxygen atoms in total. The van der Waals surface area contributed by atoms with Gasteiger partial charge >= 0.3 is 0 Å². The van der Waals surface area contributed by atoms with Crippen LogP contribution in [-0.4, -0.2) is 20.2 Å². The third-order valence-corrected chi connectivity index (χ3v) is 3.57. The summed E-state index contributed by atoms with van der Waals surface area (Å²) in [5.41, 5.74) is 10.5. The quantitative estimate of drug-likeness (QED) is 0.593. The van der Waals surface area contributed by atoms with E-state index in [1.807, 2.05) is 30.3 Å². The predicted octanol–water partition coefficient (Wildman–Crippen LogP) is 3.27. The first-order chi connectivity index (χ1) is 10.8. The van der Waals surface area contributed by atoms with Gasteiger partial charge in [-0.1, -0.05) is 48.5 Å². The Morgan fingerprint density at radius 1 is 0.818 bits per heavy atom. The molecule has 0 amide bonds. The van der Waals surface area contributed by atoms with Gasteiger partial charge in [0.05, 0.1) is 17.3 Å². The number of H-pyrrole nitrogens is 1. The molecule has 2 aromatic carbocycles. The number of nitrogens with zero attached hydrogens (tertiary/aromatic N) is 3. The smallest absolute Gasteiger partial charge is 0.222 e. The Labute approximate surface area is 126 Å². The lowest BCUT2D eigenvalue weighted by molar-refractivity contribution is 1.09. The van der Waals surface area contributed by atoms with Crippen molar-refractivity contribution >= 4 is 17.0 Å². The SMILES string of the molecule is Nc1nc(-c2cccc(-c3ccccc3)c2)c2cn[nH]c2n1. The predicted molar refractivity (Wildman–Crippen MR) is 87.0 cm³/mol. The molecule has 2 aromatic heterocycles. The summed E-state index contributed by atoms with van der Waals surface area (Å²) >= 11 is 0. The van der Waals surface area contributed by atoms with Crippen LogP contribution in [0.3, 0.4) is 0 Å². The summed E-state index contributed by atoms with van der Waals surface area (Å²) in [7, 11) is 0. The lowest BCUT2D eigenvalue weighted by Gasteiger charge is -2.07. The Morgan fingerprint density at radius 2 is 1.59 bits per heavy atom. The third kappa shape index (κ3) is 2.09. The molecule has 5 heteroatoms. The van der Waals surface area contributed by atoms with E-state index in [1.54, 1.807) is 6.20 Å². The van der Waals surface area contributed by atoms with E-state index in [0.717, 1.165) is 27.8 Å². The molecule has 22 heavy (non-hydrogen) atoms. The van der Waals surface area contributed by atoms with Crippen molar-refractivity contribution in [1.82, 2.24) is 20.2 Å². The van der Waals surface area contributed by atoms with Gasteiger partial charge in [-0.3, -0.25) is 5.10 Å². The van der Waals surface area contributed by atoms with Gasteiger partial charge in [0, 0.05) is 5.56 Å². The van der Waals surface area contributed by atoms with Crippen LogP contribution in [0.2, 0.25) is 0 Å². The van der Waals surface area contributed by atoms with Crippen molar-refractivity contribution in [2.24, 2.45) is 0 Å². The highest BCUT2D eigenvalue weighted by Gasteiger charge is 2.11. The first-order valence-electron chi connectivity index (χ1n) is 6.94. The molecule has 3 N–H and O–H groups in total. The highest BCUT2D eigenvalue weighted by molar-refractivity contribution is 5.91. The molecule has 0 aliphatic rings. The van der Waals surface area contributed by atoms with E-state index in [1.165, 1.54) is 0 Å². The molecule has 4 aromatic rings. The molecule has 2 heterocycles. The molecule has 0 fully saturated rings. The van der Waals surface area contributed by atoms with Gasteiger partial charge in [0.15, 0.2) is 5.65 Å². The molecule has 106 valence electrons. The van der Waals surface area contributed by atoms with Crippen molar-refractivity contribution in [2.45, 2.75) is 0 Å². The third-order valence-electron chi connectivity index (χ3n) is 3.57. The van der Waals surface area contributed by atoms with Crippen LogP contribution in [0.15, 0.2) is 60.8 Å². The molecular weight excluding hydrogens is 274 g/mol. The Balaban J connectivity index is 1.91. The van der Waals surface area contributed by atoms with Crippen LogP contribution in [0, 0.1) is 0 Å². The second kappa shape index (κ2) is 4.96. The van der Waals surface area contributed by atoms with Gasteiger partial charge in [-0.25, -0.2) is 4.98 Å². The molecule has 0 atom stereocenters. The van der Waals surface area contributed by atoms with E-state index in [2.05, 4.69) is 44.4 Å². The van der Waals surface area contributed by atoms with E-state index in [4.69, 9.17) is 5.73 Å². The number of nitrogens with two attached hydrogens (primary N) is 1. The minimum atomic E-state index is 0.233. The summed E-state index contributed by atoms with van der Waals surface area (Å²) in [5, 5.41) is 7.72. The normalized spacial score (nSPS) is 10.9. The maximum Gasteiger partial charge on any atom is 0.222 e. The number of benzene rings is 2. The van der Waals surface area contributed by atoms with E-state index >= 15 is 0 Å². The summed E-state index contributed by atoms with van der Waals surface area (Å²) in [6.45, 7) is 0. The standard InChI is InChI=1S/C17H13N5/c18-17-20-15(14-10-19-22-16(14)21-17)13-8-4-7-12(9-13)11-5-2-1-3-6-11/h1-10H,(H3,18,19,20,21,22). The number of nitrogens with one attached hydrogen (secondary N) is 1. The Hall–Kier alpha value is -3.21. The zero-order chi connectivity index (χ0) is 14.9. The van der Waals surface area contributed by atoms with Gasteiger partial charge in [0.1, 0.15) is 0 Å². The van der Waals surface area contributed by atoms with Gasteiger partial charge in [-0.2, -0.15) is 10.1 Å². The molecule has 0 aliphatic carbocycles. The lowest BCUT2D eigenvalue weighted by atomic mass is 10.0. The topological polar surface area (TPSA) is 80.5 Å². The number of anilines is 1. The van der Waals surface area contributed by atoms with Crippen molar-refractivity contribution in [3.8, 4) is 22.4 Å². The summed E-state index contributed by atoms with van der Waals surface area (Å²) in [6, 6.07) is 18.4. The average molecular weight is 287 g/mol. The molecule has 0 radical (unpaired) electrons. The molecule has 4 rings (SSSR count). The van der Waals surface area contributed by atoms with Crippen LogP contribution in [0.5, 0.6) is 0 Å². The maximum absolute atomic E-state index is 5.80. The monoisotopic (exact) mass is 287 g/mol. The van der Waals surface area contributed by atoms with E-state index < -0.39 is 0 Å². The molecule has 0 aliphatic heterocycles. The van der Waals surface area contributed by atoms with Crippen LogP contribution in [0.25, 0.3) is 33.4 Å². The number of hydrogen-bond acceptors (Lipinski definition) is 4. The number of aromatic nitrogens is 4. The van der Waals surface area contributed by atoms with Crippen LogP contribution >= 0.6 is 0 Å². The minimum absolute atomic E-state index is 0.233. The van der Waals surface area contributed by atoms with Crippen molar-refractivity contribution < 1.29 is 0 Å². The summed E-state index contributed by atoms with van der Waals surface area (Å²) in [4.78, 5) is 8.54. The summed E-state index contributed by atoms with van der Waals surface area (Å²) in [6.07, 6.45) is 1.72. The summed E-state index contributed by atoms with van der Waals surface area (Å²) in [5.74, 6) is 0.233. The zero-order valence-electron chi connectivity index (χ0n) is 11.7. The number of nitrogen functional groups attached to an aromatic ring is 1. The van der Waals surface area contributed by atoms with Crippen LogP contribution in [0.4, 0.5) is 5.95 Å². The van der Waals surface area contributed by atoms with Crippen LogP contribution in [0.1, 0.15) is 0 Å². The van der Waals surface area contributed by atoms with Crippen molar-refractivity contribution in [2.75, 3.05) is 5.73 Å². The van der Waals surface area contributed by atoms with E-state index in [-0.39, 0.29) is 5.95 Å². The first kappa shape index (κ1) is 12.5. The Bertz CT molecular complexity index is 944. The second-order valence-electron chi connectivity index (χ2n) is 5.01. The van der Waals surface area contributed by atoms with Crippen LogP contribution in [-0.2, 0) is 0 Å². The van der Waals surface area contributed by atoms with Gasteiger partial charge in [-0.05, 0) is 17.2 Å². The Morgan fingerprint density at radius 3 is 2.45 bits per heavy atom. The van der Waals surface area contributed by atoms with Crippen molar-refractivity contribution in [3.63, 3.8) is 0 Å². The van der Waals surface area contributed by atoms with Crippen LogP contribution < -0.4 is 5.73 Å². The molecule has 0 spiro atoms. The molecular formula is C17H13N5. The molecule has 0 saturated heterocycles. The Kier molecular flexibility index (Phi) is 2.83. The fourth-order valence-electron chi connectivity index (χ4n) is 2.55. The van der Waals surface area contributed by atoms with Gasteiger partial charge in [0.25, 0.3) is 0 Å². The highest BCUT2D eigenvalue weighted by atomic mass is 15.2. The van der Waals surface area contributed by atoms with Gasteiger partial charge in [-0.15, -0.1) is 0 Å². The zero-order valence-corrected chi connectivity index (χ0v) is 11.7. The van der Waals surface area contributed by atoms with Crippen molar-refractivity contribution in [3.05, 3.63) is 60.8 Å². The molecule has 0 unspecified atom stereocenters. The first-order valence-corrected chi connectivity index (χ1v) is 6.94. The fourth-order valence-corrected chi connectivity index (χ4v) is 2.55. The largest absolute Gasteiger partial charge is 0.368 e. The number of fused-ring (bicyclic) bond motifs is 1. The number of aromatic amines is 1. The minimum Gasteiger partial charge on any atom is -0.368 e. The average Bonchev–Trinajstić information content (AvgIpc) is 3.03. The molecule has 0 saturated carbocycles. The van der Waals surface area contributed by atoms with Gasteiger partial charge < -0.3 is 5.73 Å². The van der Waals surface area contributed by atoms with Crippen molar-refractivity contribution in [1.29, 1.82) is 0 Å².